The van der Waals surface area contributed by atoms with Crippen LogP contribution in [0.25, 0.3) is 11.4 Å². The molecule has 2 N–H and O–H groups in total. The number of aromatic amines is 1. The molecule has 0 bridgehead atoms. The SMILES string of the molecule is COc1ccccc1CC(C(=O)O)c1[nH]c(-c2ccccc2)nc1Br. The van der Waals surface area contributed by atoms with Gasteiger partial charge >= 0.3 is 5.97 Å². The van der Waals surface area contributed by atoms with E-state index in [0.29, 0.717) is 28.3 Å². The predicted octanol–water partition coefficient (Wildman–Crippen LogP) is 4.26. The molecule has 2 aromatic carbocycles. The Bertz CT molecular complexity index is 877. The van der Waals surface area contributed by atoms with Crippen molar-refractivity contribution in [3.8, 4) is 17.1 Å². The van der Waals surface area contributed by atoms with Gasteiger partial charge in [-0.2, -0.15) is 0 Å². The maximum Gasteiger partial charge on any atom is 0.312 e. The third kappa shape index (κ3) is 3.74. The van der Waals surface area contributed by atoms with Crippen LogP contribution in [-0.4, -0.2) is 28.2 Å². The molecule has 0 aliphatic carbocycles. The Labute approximate surface area is 153 Å². The lowest BCUT2D eigenvalue weighted by Gasteiger charge is -2.14. The standard InChI is InChI=1S/C19H17BrN2O3/c1-25-15-10-6-5-9-13(15)11-14(19(23)24)16-17(20)22-18(21-16)12-7-3-2-4-8-12/h2-10,14H,11H2,1H3,(H,21,22)(H,23,24). The highest BCUT2D eigenvalue weighted by atomic mass is 79.9. The molecule has 6 heteroatoms. The molecular weight excluding hydrogens is 384 g/mol. The van der Waals surface area contributed by atoms with Crippen molar-refractivity contribution in [1.29, 1.82) is 0 Å². The fourth-order valence-electron chi connectivity index (χ4n) is 2.73. The normalized spacial score (nSPS) is 11.9. The molecule has 0 radical (unpaired) electrons. The fourth-order valence-corrected chi connectivity index (χ4v) is 3.29. The molecule has 3 aromatic rings. The van der Waals surface area contributed by atoms with Gasteiger partial charge < -0.3 is 14.8 Å². The summed E-state index contributed by atoms with van der Waals surface area (Å²) >= 11 is 3.40. The Hall–Kier alpha value is -2.60. The highest BCUT2D eigenvalue weighted by Crippen LogP contribution is 2.31. The van der Waals surface area contributed by atoms with Crippen LogP contribution in [0.1, 0.15) is 17.2 Å². The Morgan fingerprint density at radius 1 is 1.20 bits per heavy atom. The van der Waals surface area contributed by atoms with E-state index in [9.17, 15) is 9.90 Å². The van der Waals surface area contributed by atoms with Gasteiger partial charge in [-0.15, -0.1) is 0 Å². The molecule has 5 nitrogen and oxygen atoms in total. The van der Waals surface area contributed by atoms with E-state index in [4.69, 9.17) is 4.74 Å². The zero-order valence-electron chi connectivity index (χ0n) is 13.6. The number of carboxylic acids is 1. The monoisotopic (exact) mass is 400 g/mol. The van der Waals surface area contributed by atoms with Crippen molar-refractivity contribution in [2.45, 2.75) is 12.3 Å². The number of nitrogens with zero attached hydrogens (tertiary/aromatic N) is 1. The van der Waals surface area contributed by atoms with E-state index < -0.39 is 11.9 Å². The summed E-state index contributed by atoms with van der Waals surface area (Å²) in [6.07, 6.45) is 0.300. The molecular formula is C19H17BrN2O3. The summed E-state index contributed by atoms with van der Waals surface area (Å²) in [6.45, 7) is 0. The van der Waals surface area contributed by atoms with E-state index in [0.717, 1.165) is 11.1 Å². The van der Waals surface area contributed by atoms with Crippen LogP contribution in [0.3, 0.4) is 0 Å². The number of imidazole rings is 1. The van der Waals surface area contributed by atoms with Crippen molar-refractivity contribution >= 4 is 21.9 Å². The number of rotatable bonds is 6. The average molecular weight is 401 g/mol. The number of hydrogen-bond donors (Lipinski definition) is 2. The second kappa shape index (κ2) is 7.53. The summed E-state index contributed by atoms with van der Waals surface area (Å²) in [4.78, 5) is 19.5. The van der Waals surface area contributed by atoms with E-state index in [1.165, 1.54) is 0 Å². The number of methoxy groups -OCH3 is 1. The van der Waals surface area contributed by atoms with Crippen molar-refractivity contribution in [3.63, 3.8) is 0 Å². The Balaban J connectivity index is 1.96. The molecule has 0 amide bonds. The van der Waals surface area contributed by atoms with Crippen molar-refractivity contribution in [1.82, 2.24) is 9.97 Å². The van der Waals surface area contributed by atoms with E-state index in [2.05, 4.69) is 25.9 Å². The number of carbonyl (C=O) groups is 1. The molecule has 0 aliphatic heterocycles. The lowest BCUT2D eigenvalue weighted by molar-refractivity contribution is -0.138. The third-order valence-electron chi connectivity index (χ3n) is 4.00. The summed E-state index contributed by atoms with van der Waals surface area (Å²) in [6, 6.07) is 17.0. The molecule has 1 aromatic heterocycles. The molecule has 128 valence electrons. The molecule has 0 fully saturated rings. The molecule has 1 atom stereocenters. The first kappa shape index (κ1) is 17.2. The molecule has 25 heavy (non-hydrogen) atoms. The third-order valence-corrected chi connectivity index (χ3v) is 4.60. The zero-order valence-corrected chi connectivity index (χ0v) is 15.2. The van der Waals surface area contributed by atoms with E-state index in [-0.39, 0.29) is 0 Å². The maximum absolute atomic E-state index is 11.9. The number of aromatic nitrogens is 2. The molecule has 0 spiro atoms. The lowest BCUT2D eigenvalue weighted by Crippen LogP contribution is -2.16. The van der Waals surface area contributed by atoms with Crippen LogP contribution < -0.4 is 4.74 Å². The fraction of sp³-hybridized carbons (Fsp3) is 0.158. The van der Waals surface area contributed by atoms with Gasteiger partial charge in [-0.1, -0.05) is 48.5 Å². The number of ether oxygens (including phenoxy) is 1. The van der Waals surface area contributed by atoms with Crippen LogP contribution in [0, 0.1) is 0 Å². The largest absolute Gasteiger partial charge is 0.496 e. The van der Waals surface area contributed by atoms with Gasteiger partial charge in [0.1, 0.15) is 22.1 Å². The van der Waals surface area contributed by atoms with Gasteiger partial charge in [0.05, 0.1) is 12.8 Å². The first-order valence-corrected chi connectivity index (χ1v) is 8.55. The topological polar surface area (TPSA) is 75.2 Å². The maximum atomic E-state index is 11.9. The summed E-state index contributed by atoms with van der Waals surface area (Å²) < 4.78 is 5.84. The molecule has 1 unspecified atom stereocenters. The quantitative estimate of drug-likeness (QED) is 0.647. The Morgan fingerprint density at radius 3 is 2.56 bits per heavy atom. The first-order chi connectivity index (χ1) is 12.1. The Morgan fingerprint density at radius 2 is 1.88 bits per heavy atom. The van der Waals surface area contributed by atoms with Crippen molar-refractivity contribution in [3.05, 3.63) is 70.5 Å². The van der Waals surface area contributed by atoms with Gasteiger partial charge in [-0.3, -0.25) is 4.79 Å². The summed E-state index contributed by atoms with van der Waals surface area (Å²) in [5.41, 5.74) is 2.27. The number of carboxylic acid groups (broad SMARTS) is 1. The molecule has 1 heterocycles. The minimum absolute atomic E-state index is 0.300. The lowest BCUT2D eigenvalue weighted by atomic mass is 9.96. The van der Waals surface area contributed by atoms with Crippen molar-refractivity contribution in [2.24, 2.45) is 0 Å². The van der Waals surface area contributed by atoms with Gasteiger partial charge in [-0.25, -0.2) is 4.98 Å². The number of H-pyrrole nitrogens is 1. The summed E-state index contributed by atoms with van der Waals surface area (Å²) in [5.74, 6) is -0.382. The van der Waals surface area contributed by atoms with Crippen LogP contribution in [0.15, 0.2) is 59.2 Å². The second-order valence-corrected chi connectivity index (χ2v) is 6.31. The Kier molecular flexibility index (Phi) is 5.19. The molecule has 3 rings (SSSR count). The summed E-state index contributed by atoms with van der Waals surface area (Å²) in [5, 5.41) is 9.75. The van der Waals surface area contributed by atoms with Crippen LogP contribution >= 0.6 is 15.9 Å². The van der Waals surface area contributed by atoms with E-state index in [1.807, 2.05) is 54.6 Å². The predicted molar refractivity (Wildman–Crippen MR) is 98.8 cm³/mol. The first-order valence-electron chi connectivity index (χ1n) is 7.75. The van der Waals surface area contributed by atoms with Crippen LogP contribution in [0.4, 0.5) is 0 Å². The smallest absolute Gasteiger partial charge is 0.312 e. The molecule has 0 saturated heterocycles. The zero-order chi connectivity index (χ0) is 17.8. The van der Waals surface area contributed by atoms with Crippen molar-refractivity contribution < 1.29 is 14.6 Å². The number of aliphatic carboxylic acids is 1. The minimum Gasteiger partial charge on any atom is -0.496 e. The number of para-hydroxylation sites is 1. The van der Waals surface area contributed by atoms with Gasteiger partial charge in [-0.05, 0) is 34.0 Å². The number of halogens is 1. The van der Waals surface area contributed by atoms with E-state index >= 15 is 0 Å². The highest BCUT2D eigenvalue weighted by Gasteiger charge is 2.27. The average Bonchev–Trinajstić information content (AvgIpc) is 3.02. The molecule has 0 saturated carbocycles. The van der Waals surface area contributed by atoms with Crippen LogP contribution in [0.2, 0.25) is 0 Å². The minimum atomic E-state index is -0.921. The highest BCUT2D eigenvalue weighted by molar-refractivity contribution is 9.10. The van der Waals surface area contributed by atoms with E-state index in [1.54, 1.807) is 7.11 Å². The van der Waals surface area contributed by atoms with Crippen LogP contribution in [-0.2, 0) is 11.2 Å². The second-order valence-electron chi connectivity index (χ2n) is 5.56. The number of hydrogen-bond acceptors (Lipinski definition) is 3. The van der Waals surface area contributed by atoms with Gasteiger partial charge in [0, 0.05) is 5.56 Å². The molecule has 0 aliphatic rings. The number of benzene rings is 2. The van der Waals surface area contributed by atoms with Gasteiger partial charge in [0.25, 0.3) is 0 Å². The van der Waals surface area contributed by atoms with Crippen molar-refractivity contribution in [2.75, 3.05) is 7.11 Å². The number of nitrogens with one attached hydrogen (secondary N) is 1. The van der Waals surface area contributed by atoms with Crippen LogP contribution in [0.5, 0.6) is 5.75 Å². The van der Waals surface area contributed by atoms with Gasteiger partial charge in [0.2, 0.25) is 0 Å². The summed E-state index contributed by atoms with van der Waals surface area (Å²) in [7, 11) is 1.58. The van der Waals surface area contributed by atoms with Gasteiger partial charge in [0.15, 0.2) is 0 Å².